The summed E-state index contributed by atoms with van der Waals surface area (Å²) in [6.07, 6.45) is 10.3. The van der Waals surface area contributed by atoms with Crippen LogP contribution >= 0.6 is 0 Å². The first kappa shape index (κ1) is 22.8. The number of ether oxygens (including phenoxy) is 1. The highest BCUT2D eigenvalue weighted by atomic mass is 32.2. The van der Waals surface area contributed by atoms with E-state index in [1.165, 1.54) is 37.7 Å². The van der Waals surface area contributed by atoms with E-state index >= 15 is 0 Å². The van der Waals surface area contributed by atoms with Gasteiger partial charge in [0.05, 0.1) is 18.1 Å². The van der Waals surface area contributed by atoms with Gasteiger partial charge >= 0.3 is 0 Å². The van der Waals surface area contributed by atoms with Crippen LogP contribution in [0, 0.1) is 6.92 Å². The minimum Gasteiger partial charge on any atom is -0.493 e. The Bertz CT molecular complexity index is 874. The number of rotatable bonds is 12. The zero-order valence-corrected chi connectivity index (χ0v) is 18.8. The van der Waals surface area contributed by atoms with Crippen LogP contribution in [0.25, 0.3) is 0 Å². The number of hydrogen-bond donors (Lipinski definition) is 0. The van der Waals surface area contributed by atoms with E-state index in [2.05, 4.69) is 18.2 Å². The van der Waals surface area contributed by atoms with Gasteiger partial charge in [-0.2, -0.15) is 8.42 Å². The second kappa shape index (κ2) is 11.5. The van der Waals surface area contributed by atoms with Crippen molar-refractivity contribution < 1.29 is 17.3 Å². The van der Waals surface area contributed by atoms with E-state index in [1.807, 2.05) is 13.0 Å². The molecule has 2 aromatic rings. The van der Waals surface area contributed by atoms with Gasteiger partial charge in [0.15, 0.2) is 0 Å². The summed E-state index contributed by atoms with van der Waals surface area (Å²) in [5, 5.41) is 0. The van der Waals surface area contributed by atoms with E-state index < -0.39 is 10.1 Å². The van der Waals surface area contributed by atoms with Gasteiger partial charge in [-0.05, 0) is 55.9 Å². The Labute approximate surface area is 181 Å². The molecule has 0 spiro atoms. The fourth-order valence-electron chi connectivity index (χ4n) is 4.03. The zero-order valence-electron chi connectivity index (χ0n) is 18.0. The fourth-order valence-corrected chi connectivity index (χ4v) is 4.98. The third-order valence-electron chi connectivity index (χ3n) is 5.83. The molecule has 0 aliphatic carbocycles. The molecule has 0 radical (unpaired) electrons. The van der Waals surface area contributed by atoms with Crippen LogP contribution in [0.5, 0.6) is 5.75 Å². The molecule has 1 aliphatic rings. The summed E-state index contributed by atoms with van der Waals surface area (Å²) < 4.78 is 35.2. The Balaban J connectivity index is 1.22. The summed E-state index contributed by atoms with van der Waals surface area (Å²) in [5.41, 5.74) is 2.41. The van der Waals surface area contributed by atoms with Crippen molar-refractivity contribution >= 4 is 10.1 Å². The van der Waals surface area contributed by atoms with Crippen molar-refractivity contribution in [1.82, 2.24) is 0 Å². The molecule has 0 saturated heterocycles. The molecule has 1 atom stereocenters. The third-order valence-corrected chi connectivity index (χ3v) is 7.15. The number of unbranched alkanes of at least 4 members (excludes halogenated alkanes) is 6. The maximum atomic E-state index is 12.1. The first-order chi connectivity index (χ1) is 14.6. The second-order valence-electron chi connectivity index (χ2n) is 8.22. The summed E-state index contributed by atoms with van der Waals surface area (Å²) in [6, 6.07) is 15.2. The molecular formula is C25H34O4S. The Kier molecular flexibility index (Phi) is 8.76. The van der Waals surface area contributed by atoms with Gasteiger partial charge in [-0.3, -0.25) is 4.18 Å². The third kappa shape index (κ3) is 6.85. The van der Waals surface area contributed by atoms with E-state index in [0.29, 0.717) is 5.92 Å². The van der Waals surface area contributed by atoms with Crippen LogP contribution in [-0.4, -0.2) is 21.6 Å². The highest BCUT2D eigenvalue weighted by Crippen LogP contribution is 2.36. The molecular weight excluding hydrogens is 396 g/mol. The minimum atomic E-state index is -3.62. The van der Waals surface area contributed by atoms with Gasteiger partial charge in [-0.15, -0.1) is 0 Å². The standard InChI is InChI=1S/C25H34O4S/c1-21-14-16-23(17-15-21)30(26,27)29-19-10-6-4-2-3-5-7-11-22-18-20-28-25-13-9-8-12-24(22)25/h8-9,12-17,22H,2-7,10-11,18-20H2,1H3. The van der Waals surface area contributed by atoms with Crippen LogP contribution < -0.4 is 4.74 Å². The van der Waals surface area contributed by atoms with Crippen molar-refractivity contribution in [1.29, 1.82) is 0 Å². The second-order valence-corrected chi connectivity index (χ2v) is 9.84. The summed E-state index contributed by atoms with van der Waals surface area (Å²) in [4.78, 5) is 0.236. The first-order valence-corrected chi connectivity index (χ1v) is 12.6. The number of para-hydroxylation sites is 1. The van der Waals surface area contributed by atoms with E-state index in [-0.39, 0.29) is 11.5 Å². The predicted octanol–water partition coefficient (Wildman–Crippen LogP) is 6.39. The lowest BCUT2D eigenvalue weighted by molar-refractivity contribution is 0.261. The van der Waals surface area contributed by atoms with E-state index in [9.17, 15) is 8.42 Å². The zero-order chi connectivity index (χ0) is 21.2. The fraction of sp³-hybridized carbons (Fsp3) is 0.520. The van der Waals surface area contributed by atoms with Gasteiger partial charge in [0.25, 0.3) is 10.1 Å². The molecule has 1 heterocycles. The predicted molar refractivity (Wildman–Crippen MR) is 121 cm³/mol. The maximum absolute atomic E-state index is 12.1. The molecule has 0 amide bonds. The van der Waals surface area contributed by atoms with E-state index in [0.717, 1.165) is 43.6 Å². The maximum Gasteiger partial charge on any atom is 0.296 e. The normalized spacial score (nSPS) is 16.1. The minimum absolute atomic E-state index is 0.236. The van der Waals surface area contributed by atoms with Crippen LogP contribution in [0.15, 0.2) is 53.4 Å². The average Bonchev–Trinajstić information content (AvgIpc) is 2.75. The van der Waals surface area contributed by atoms with Crippen LogP contribution in [0.3, 0.4) is 0 Å². The highest BCUT2D eigenvalue weighted by molar-refractivity contribution is 7.86. The van der Waals surface area contributed by atoms with Crippen molar-refractivity contribution in [3.8, 4) is 5.75 Å². The number of hydrogen-bond acceptors (Lipinski definition) is 4. The Morgan fingerprint density at radius 1 is 0.900 bits per heavy atom. The number of fused-ring (bicyclic) bond motifs is 1. The van der Waals surface area contributed by atoms with Crippen LogP contribution in [0.1, 0.15) is 74.8 Å². The van der Waals surface area contributed by atoms with Gasteiger partial charge in [-0.25, -0.2) is 0 Å². The van der Waals surface area contributed by atoms with E-state index in [1.54, 1.807) is 24.3 Å². The molecule has 1 aliphatic heterocycles. The molecule has 4 nitrogen and oxygen atoms in total. The van der Waals surface area contributed by atoms with Gasteiger partial charge in [0.1, 0.15) is 5.75 Å². The topological polar surface area (TPSA) is 52.6 Å². The SMILES string of the molecule is Cc1ccc(S(=O)(=O)OCCCCCCCCCC2CCOc3ccccc32)cc1. The lowest BCUT2D eigenvalue weighted by Gasteiger charge is -2.25. The Morgan fingerprint density at radius 3 is 2.33 bits per heavy atom. The lowest BCUT2D eigenvalue weighted by atomic mass is 9.88. The van der Waals surface area contributed by atoms with Crippen molar-refractivity contribution in [2.45, 2.75) is 75.5 Å². The van der Waals surface area contributed by atoms with Crippen molar-refractivity contribution in [2.24, 2.45) is 0 Å². The molecule has 0 aromatic heterocycles. The molecule has 30 heavy (non-hydrogen) atoms. The van der Waals surface area contributed by atoms with Gasteiger partial charge in [0.2, 0.25) is 0 Å². The Morgan fingerprint density at radius 2 is 1.57 bits per heavy atom. The molecule has 5 heteroatoms. The smallest absolute Gasteiger partial charge is 0.296 e. The highest BCUT2D eigenvalue weighted by Gasteiger charge is 2.20. The summed E-state index contributed by atoms with van der Waals surface area (Å²) in [6.45, 7) is 3.03. The van der Waals surface area contributed by atoms with Gasteiger partial charge in [-0.1, -0.05) is 74.4 Å². The van der Waals surface area contributed by atoms with Crippen molar-refractivity contribution in [3.63, 3.8) is 0 Å². The van der Waals surface area contributed by atoms with Gasteiger partial charge in [0, 0.05) is 0 Å². The largest absolute Gasteiger partial charge is 0.493 e. The molecule has 2 aromatic carbocycles. The first-order valence-electron chi connectivity index (χ1n) is 11.2. The Hall–Kier alpha value is -1.85. The monoisotopic (exact) mass is 430 g/mol. The molecule has 0 N–H and O–H groups in total. The van der Waals surface area contributed by atoms with Crippen molar-refractivity contribution in [2.75, 3.05) is 13.2 Å². The molecule has 0 bridgehead atoms. The summed E-state index contributed by atoms with van der Waals surface area (Å²) in [5.74, 6) is 1.71. The molecule has 1 unspecified atom stereocenters. The van der Waals surface area contributed by atoms with Crippen LogP contribution in [0.2, 0.25) is 0 Å². The average molecular weight is 431 g/mol. The quantitative estimate of drug-likeness (QED) is 0.289. The summed E-state index contributed by atoms with van der Waals surface area (Å²) >= 11 is 0. The molecule has 0 saturated carbocycles. The number of benzene rings is 2. The molecule has 164 valence electrons. The summed E-state index contributed by atoms with van der Waals surface area (Å²) in [7, 11) is -3.62. The van der Waals surface area contributed by atoms with E-state index in [4.69, 9.17) is 8.92 Å². The molecule has 0 fully saturated rings. The lowest BCUT2D eigenvalue weighted by Crippen LogP contribution is -2.14. The van der Waals surface area contributed by atoms with Crippen LogP contribution in [-0.2, 0) is 14.3 Å². The number of aryl methyl sites for hydroxylation is 1. The van der Waals surface area contributed by atoms with Crippen LogP contribution in [0.4, 0.5) is 0 Å². The van der Waals surface area contributed by atoms with Gasteiger partial charge < -0.3 is 4.74 Å². The van der Waals surface area contributed by atoms with Crippen molar-refractivity contribution in [3.05, 3.63) is 59.7 Å². The molecule has 3 rings (SSSR count).